The summed E-state index contributed by atoms with van der Waals surface area (Å²) >= 11 is 0. The number of nitrogens with one attached hydrogen (secondary N) is 1. The fourth-order valence-electron chi connectivity index (χ4n) is 2.97. The Labute approximate surface area is 164 Å². The lowest BCUT2D eigenvalue weighted by molar-refractivity contribution is -0.143. The topological polar surface area (TPSA) is 64.6 Å². The molecule has 0 radical (unpaired) electrons. The van der Waals surface area contributed by atoms with Crippen LogP contribution in [0, 0.1) is 0 Å². The van der Waals surface area contributed by atoms with Crippen LogP contribution in [0.15, 0.2) is 72.8 Å². The third-order valence-corrected chi connectivity index (χ3v) is 4.30. The van der Waals surface area contributed by atoms with Gasteiger partial charge in [0.15, 0.2) is 6.61 Å². The van der Waals surface area contributed by atoms with Gasteiger partial charge in [0.25, 0.3) is 5.91 Å². The molecule has 0 saturated heterocycles. The molecule has 0 fully saturated rings. The largest absolute Gasteiger partial charge is 0.484 e. The van der Waals surface area contributed by atoms with Crippen molar-refractivity contribution in [1.82, 2.24) is 5.32 Å². The van der Waals surface area contributed by atoms with Gasteiger partial charge in [-0.25, -0.2) is 0 Å². The molecule has 0 heterocycles. The van der Waals surface area contributed by atoms with E-state index in [2.05, 4.69) is 5.32 Å². The zero-order valence-electron chi connectivity index (χ0n) is 15.8. The van der Waals surface area contributed by atoms with Gasteiger partial charge < -0.3 is 14.8 Å². The van der Waals surface area contributed by atoms with E-state index in [1.807, 2.05) is 72.8 Å². The van der Waals surface area contributed by atoms with Gasteiger partial charge in [0, 0.05) is 0 Å². The molecule has 5 heteroatoms. The molecule has 144 valence electrons. The van der Waals surface area contributed by atoms with Crippen LogP contribution < -0.4 is 10.1 Å². The first-order valence-corrected chi connectivity index (χ1v) is 9.27. The molecule has 1 amide bonds. The second-order valence-electron chi connectivity index (χ2n) is 6.34. The lowest BCUT2D eigenvalue weighted by Crippen LogP contribution is -2.34. The van der Waals surface area contributed by atoms with Crippen molar-refractivity contribution in [2.24, 2.45) is 0 Å². The molecule has 0 aromatic heterocycles. The summed E-state index contributed by atoms with van der Waals surface area (Å²) in [7, 11) is 0. The summed E-state index contributed by atoms with van der Waals surface area (Å²) in [5.41, 5.74) is 0.842. The first-order valence-electron chi connectivity index (χ1n) is 9.27. The van der Waals surface area contributed by atoms with Crippen molar-refractivity contribution in [2.75, 3.05) is 13.2 Å². The van der Waals surface area contributed by atoms with Gasteiger partial charge in [-0.05, 0) is 35.4 Å². The van der Waals surface area contributed by atoms with Crippen LogP contribution in [0.25, 0.3) is 10.8 Å². The molecule has 0 aliphatic carbocycles. The van der Waals surface area contributed by atoms with E-state index in [0.29, 0.717) is 12.4 Å². The van der Waals surface area contributed by atoms with Crippen molar-refractivity contribution < 1.29 is 19.1 Å². The molecule has 3 aromatic rings. The van der Waals surface area contributed by atoms with Crippen LogP contribution >= 0.6 is 0 Å². The monoisotopic (exact) mass is 377 g/mol. The lowest BCUT2D eigenvalue weighted by Gasteiger charge is -2.18. The minimum absolute atomic E-state index is 0.0690. The Bertz CT molecular complexity index is 939. The Morgan fingerprint density at radius 3 is 2.39 bits per heavy atom. The number of carbonyl (C=O) groups excluding carboxylic acids is 2. The van der Waals surface area contributed by atoms with E-state index in [-0.39, 0.29) is 24.9 Å². The van der Waals surface area contributed by atoms with E-state index < -0.39 is 6.04 Å². The highest BCUT2D eigenvalue weighted by atomic mass is 16.5. The minimum Gasteiger partial charge on any atom is -0.484 e. The third-order valence-electron chi connectivity index (χ3n) is 4.30. The van der Waals surface area contributed by atoms with E-state index in [1.165, 1.54) is 0 Å². The maximum absolute atomic E-state index is 12.4. The third kappa shape index (κ3) is 5.33. The van der Waals surface area contributed by atoms with Crippen molar-refractivity contribution in [2.45, 2.75) is 19.4 Å². The van der Waals surface area contributed by atoms with E-state index in [1.54, 1.807) is 6.92 Å². The molecule has 0 spiro atoms. The van der Waals surface area contributed by atoms with E-state index in [0.717, 1.165) is 16.3 Å². The first kappa shape index (κ1) is 19.4. The van der Waals surface area contributed by atoms with Crippen molar-refractivity contribution in [1.29, 1.82) is 0 Å². The molecule has 3 rings (SSSR count). The predicted molar refractivity (Wildman–Crippen MR) is 108 cm³/mol. The molecule has 0 aliphatic rings. The second-order valence-corrected chi connectivity index (χ2v) is 6.34. The molecule has 1 atom stereocenters. The molecule has 0 saturated carbocycles. The highest BCUT2D eigenvalue weighted by Crippen LogP contribution is 2.21. The summed E-state index contributed by atoms with van der Waals surface area (Å²) < 4.78 is 10.7. The molecule has 0 aliphatic heterocycles. The minimum atomic E-state index is -0.465. The van der Waals surface area contributed by atoms with Crippen molar-refractivity contribution in [3.05, 3.63) is 78.4 Å². The van der Waals surface area contributed by atoms with Crippen LogP contribution in [0.1, 0.15) is 24.9 Å². The Balaban J connectivity index is 1.63. The summed E-state index contributed by atoms with van der Waals surface area (Å²) in [6.45, 7) is 1.93. The number of amides is 1. The van der Waals surface area contributed by atoms with Gasteiger partial charge in [-0.15, -0.1) is 0 Å². The summed E-state index contributed by atoms with van der Waals surface area (Å²) in [6, 6.07) is 22.5. The van der Waals surface area contributed by atoms with Crippen LogP contribution in [0.5, 0.6) is 5.75 Å². The summed E-state index contributed by atoms with van der Waals surface area (Å²) in [5, 5.41) is 5.02. The van der Waals surface area contributed by atoms with Crippen molar-refractivity contribution in [3.8, 4) is 5.75 Å². The van der Waals surface area contributed by atoms with Crippen LogP contribution in [-0.2, 0) is 14.3 Å². The van der Waals surface area contributed by atoms with Gasteiger partial charge in [0.1, 0.15) is 5.75 Å². The van der Waals surface area contributed by atoms with E-state index in [4.69, 9.17) is 9.47 Å². The number of hydrogen-bond acceptors (Lipinski definition) is 4. The second kappa shape index (κ2) is 9.55. The number of fused-ring (bicyclic) bond motifs is 1. The Hall–Kier alpha value is -3.34. The Morgan fingerprint density at radius 1 is 0.929 bits per heavy atom. The number of benzene rings is 3. The van der Waals surface area contributed by atoms with Gasteiger partial charge in [0.2, 0.25) is 0 Å². The van der Waals surface area contributed by atoms with Gasteiger partial charge in [-0.3, -0.25) is 9.59 Å². The fourth-order valence-corrected chi connectivity index (χ4v) is 2.97. The van der Waals surface area contributed by atoms with Crippen molar-refractivity contribution in [3.63, 3.8) is 0 Å². The van der Waals surface area contributed by atoms with Crippen LogP contribution in [0.2, 0.25) is 0 Å². The summed E-state index contributed by atoms with van der Waals surface area (Å²) in [5.74, 6) is -0.0334. The number of hydrogen-bond donors (Lipinski definition) is 1. The summed E-state index contributed by atoms with van der Waals surface area (Å²) in [4.78, 5) is 24.3. The number of carbonyl (C=O) groups is 2. The van der Waals surface area contributed by atoms with Crippen molar-refractivity contribution >= 4 is 22.6 Å². The zero-order chi connectivity index (χ0) is 19.8. The maximum Gasteiger partial charge on any atom is 0.308 e. The number of ether oxygens (including phenoxy) is 2. The zero-order valence-corrected chi connectivity index (χ0v) is 15.8. The normalized spacial score (nSPS) is 11.6. The molecule has 1 N–H and O–H groups in total. The molecule has 1 unspecified atom stereocenters. The summed E-state index contributed by atoms with van der Waals surface area (Å²) in [6.07, 6.45) is 0.0690. The first-order chi connectivity index (χ1) is 13.7. The van der Waals surface area contributed by atoms with Gasteiger partial charge in [-0.1, -0.05) is 60.7 Å². The Kier molecular flexibility index (Phi) is 6.63. The predicted octanol–water partition coefficient (Wildman–Crippen LogP) is 4.03. The fraction of sp³-hybridized carbons (Fsp3) is 0.217. The average molecular weight is 377 g/mol. The smallest absolute Gasteiger partial charge is 0.308 e. The highest BCUT2D eigenvalue weighted by Gasteiger charge is 2.19. The standard InChI is InChI=1S/C23H23NO4/c1-2-27-23(26)15-21(18-9-4-3-5-10-18)24-22(25)16-28-20-13-12-17-8-6-7-11-19(17)14-20/h3-14,21H,2,15-16H2,1H3,(H,24,25). The van der Waals surface area contributed by atoms with Crippen LogP contribution in [-0.4, -0.2) is 25.1 Å². The molecule has 0 bridgehead atoms. The van der Waals surface area contributed by atoms with E-state index >= 15 is 0 Å². The average Bonchev–Trinajstić information content (AvgIpc) is 2.72. The quantitative estimate of drug-likeness (QED) is 0.602. The van der Waals surface area contributed by atoms with Crippen LogP contribution in [0.3, 0.4) is 0 Å². The van der Waals surface area contributed by atoms with Crippen LogP contribution in [0.4, 0.5) is 0 Å². The molecular weight excluding hydrogens is 354 g/mol. The maximum atomic E-state index is 12.4. The Morgan fingerprint density at radius 2 is 1.64 bits per heavy atom. The SMILES string of the molecule is CCOC(=O)CC(NC(=O)COc1ccc2ccccc2c1)c1ccccc1. The van der Waals surface area contributed by atoms with Gasteiger partial charge in [0.05, 0.1) is 19.1 Å². The number of esters is 1. The molecule has 28 heavy (non-hydrogen) atoms. The molecule has 3 aromatic carbocycles. The lowest BCUT2D eigenvalue weighted by atomic mass is 10.0. The number of rotatable bonds is 8. The van der Waals surface area contributed by atoms with E-state index in [9.17, 15) is 9.59 Å². The van der Waals surface area contributed by atoms with Gasteiger partial charge in [-0.2, -0.15) is 0 Å². The molecular formula is C23H23NO4. The molecule has 5 nitrogen and oxygen atoms in total. The highest BCUT2D eigenvalue weighted by molar-refractivity contribution is 5.84. The van der Waals surface area contributed by atoms with Gasteiger partial charge >= 0.3 is 5.97 Å².